The number of benzene rings is 2. The Morgan fingerprint density at radius 3 is 2.36 bits per heavy atom. The molecule has 2 aromatic carbocycles. The molecule has 0 unspecified atom stereocenters. The highest BCUT2D eigenvalue weighted by Crippen LogP contribution is 2.33. The zero-order valence-electron chi connectivity index (χ0n) is 12.9. The van der Waals surface area contributed by atoms with Crippen LogP contribution in [0.1, 0.15) is 22.8 Å². The van der Waals surface area contributed by atoms with Crippen LogP contribution in [0.25, 0.3) is 0 Å². The van der Waals surface area contributed by atoms with E-state index in [1.807, 2.05) is 36.4 Å². The molecule has 2 aromatic rings. The summed E-state index contributed by atoms with van der Waals surface area (Å²) < 4.78 is 10.8. The first kappa shape index (κ1) is 14.9. The van der Waals surface area contributed by atoms with Gasteiger partial charge in [0.05, 0.1) is 20.3 Å². The van der Waals surface area contributed by atoms with Crippen LogP contribution in [0.5, 0.6) is 11.5 Å². The lowest BCUT2D eigenvalue weighted by Gasteiger charge is -2.19. The SMILES string of the molecule is COc1cccc(OC)c1CN[C@@H]1Cc2ccccc2[C@H]1O. The number of hydrogen-bond donors (Lipinski definition) is 2. The summed E-state index contributed by atoms with van der Waals surface area (Å²) in [6, 6.07) is 13.8. The van der Waals surface area contributed by atoms with Gasteiger partial charge in [-0.25, -0.2) is 0 Å². The van der Waals surface area contributed by atoms with E-state index in [9.17, 15) is 5.11 Å². The van der Waals surface area contributed by atoms with Crippen molar-refractivity contribution in [3.8, 4) is 11.5 Å². The van der Waals surface area contributed by atoms with Gasteiger partial charge in [0.1, 0.15) is 11.5 Å². The van der Waals surface area contributed by atoms with Crippen LogP contribution in [-0.2, 0) is 13.0 Å². The molecule has 116 valence electrons. The Bertz CT molecular complexity index is 634. The Balaban J connectivity index is 1.75. The molecule has 0 aromatic heterocycles. The highest BCUT2D eigenvalue weighted by molar-refractivity contribution is 5.45. The molecule has 2 N–H and O–H groups in total. The summed E-state index contributed by atoms with van der Waals surface area (Å²) in [6.45, 7) is 0.586. The highest BCUT2D eigenvalue weighted by Gasteiger charge is 2.30. The predicted molar refractivity (Wildman–Crippen MR) is 85.3 cm³/mol. The zero-order valence-corrected chi connectivity index (χ0v) is 12.9. The molecule has 0 heterocycles. The van der Waals surface area contributed by atoms with Crippen LogP contribution in [0.2, 0.25) is 0 Å². The van der Waals surface area contributed by atoms with Gasteiger partial charge in [-0.2, -0.15) is 0 Å². The molecule has 0 fully saturated rings. The Hall–Kier alpha value is -2.04. The summed E-state index contributed by atoms with van der Waals surface area (Å²) in [4.78, 5) is 0. The van der Waals surface area contributed by atoms with Crippen molar-refractivity contribution in [2.24, 2.45) is 0 Å². The Labute approximate surface area is 130 Å². The number of nitrogens with one attached hydrogen (secondary N) is 1. The third-order valence-corrected chi connectivity index (χ3v) is 4.27. The van der Waals surface area contributed by atoms with Gasteiger partial charge in [0.2, 0.25) is 0 Å². The monoisotopic (exact) mass is 299 g/mol. The summed E-state index contributed by atoms with van der Waals surface area (Å²) in [5.74, 6) is 1.58. The van der Waals surface area contributed by atoms with Gasteiger partial charge >= 0.3 is 0 Å². The Morgan fingerprint density at radius 1 is 1.05 bits per heavy atom. The minimum absolute atomic E-state index is 0.00650. The minimum Gasteiger partial charge on any atom is -0.496 e. The van der Waals surface area contributed by atoms with E-state index in [-0.39, 0.29) is 6.04 Å². The van der Waals surface area contributed by atoms with E-state index in [0.29, 0.717) is 6.54 Å². The Kier molecular flexibility index (Phi) is 4.32. The molecule has 1 aliphatic carbocycles. The van der Waals surface area contributed by atoms with Crippen LogP contribution in [0.3, 0.4) is 0 Å². The summed E-state index contributed by atoms with van der Waals surface area (Å²) in [6.07, 6.45) is 0.353. The summed E-state index contributed by atoms with van der Waals surface area (Å²) >= 11 is 0. The van der Waals surface area contributed by atoms with Crippen LogP contribution in [-0.4, -0.2) is 25.4 Å². The molecule has 0 amide bonds. The van der Waals surface area contributed by atoms with Gasteiger partial charge in [-0.15, -0.1) is 0 Å². The molecular weight excluding hydrogens is 278 g/mol. The fourth-order valence-corrected chi connectivity index (χ4v) is 3.09. The molecule has 0 aliphatic heterocycles. The largest absolute Gasteiger partial charge is 0.496 e. The molecule has 22 heavy (non-hydrogen) atoms. The van der Waals surface area contributed by atoms with Crippen LogP contribution in [0.15, 0.2) is 42.5 Å². The summed E-state index contributed by atoms with van der Waals surface area (Å²) in [7, 11) is 3.30. The highest BCUT2D eigenvalue weighted by atomic mass is 16.5. The van der Waals surface area contributed by atoms with Crippen molar-refractivity contribution < 1.29 is 14.6 Å². The molecule has 0 saturated carbocycles. The summed E-state index contributed by atoms with van der Waals surface area (Å²) in [5, 5.41) is 13.9. The van der Waals surface area contributed by atoms with Gasteiger partial charge in [-0.05, 0) is 29.7 Å². The third kappa shape index (κ3) is 2.67. The van der Waals surface area contributed by atoms with E-state index >= 15 is 0 Å². The van der Waals surface area contributed by atoms with Gasteiger partial charge < -0.3 is 19.9 Å². The van der Waals surface area contributed by atoms with Crippen molar-refractivity contribution in [3.05, 3.63) is 59.2 Å². The number of rotatable bonds is 5. The maximum atomic E-state index is 10.4. The van der Waals surface area contributed by atoms with Crippen molar-refractivity contribution in [1.82, 2.24) is 5.32 Å². The first-order valence-corrected chi connectivity index (χ1v) is 7.43. The molecule has 2 atom stereocenters. The van der Waals surface area contributed by atoms with Crippen molar-refractivity contribution in [2.45, 2.75) is 25.1 Å². The second-order valence-electron chi connectivity index (χ2n) is 5.48. The molecule has 3 rings (SSSR count). The predicted octanol–water partition coefficient (Wildman–Crippen LogP) is 2.45. The average molecular weight is 299 g/mol. The number of aliphatic hydroxyl groups excluding tert-OH is 1. The molecule has 0 radical (unpaired) electrons. The van der Waals surface area contributed by atoms with Gasteiger partial charge in [0.15, 0.2) is 0 Å². The smallest absolute Gasteiger partial charge is 0.127 e. The standard InChI is InChI=1S/C18H21NO3/c1-21-16-8-5-9-17(22-2)14(16)11-19-15-10-12-6-3-4-7-13(12)18(15)20/h3-9,15,18-20H,10-11H2,1-2H3/t15-,18-/m1/s1. The lowest BCUT2D eigenvalue weighted by molar-refractivity contribution is 0.141. The van der Waals surface area contributed by atoms with Crippen LogP contribution in [0.4, 0.5) is 0 Å². The van der Waals surface area contributed by atoms with Crippen LogP contribution in [0, 0.1) is 0 Å². The third-order valence-electron chi connectivity index (χ3n) is 4.27. The van der Waals surface area contributed by atoms with E-state index in [1.165, 1.54) is 5.56 Å². The fraction of sp³-hybridized carbons (Fsp3) is 0.333. The van der Waals surface area contributed by atoms with Crippen LogP contribution < -0.4 is 14.8 Å². The molecule has 4 nitrogen and oxygen atoms in total. The maximum Gasteiger partial charge on any atom is 0.127 e. The van der Waals surface area contributed by atoms with Gasteiger partial charge in [0, 0.05) is 18.2 Å². The first-order valence-electron chi connectivity index (χ1n) is 7.43. The van der Waals surface area contributed by atoms with Gasteiger partial charge in [-0.1, -0.05) is 30.3 Å². The van der Waals surface area contributed by atoms with Crippen molar-refractivity contribution in [2.75, 3.05) is 14.2 Å². The molecular formula is C18H21NO3. The minimum atomic E-state index is -0.475. The lowest BCUT2D eigenvalue weighted by atomic mass is 10.1. The Morgan fingerprint density at radius 2 is 1.73 bits per heavy atom. The van der Waals surface area contributed by atoms with Crippen molar-refractivity contribution in [1.29, 1.82) is 0 Å². The van der Waals surface area contributed by atoms with Gasteiger partial charge in [0.25, 0.3) is 0 Å². The molecule has 0 spiro atoms. The topological polar surface area (TPSA) is 50.7 Å². The van der Waals surface area contributed by atoms with E-state index in [4.69, 9.17) is 9.47 Å². The fourth-order valence-electron chi connectivity index (χ4n) is 3.09. The van der Waals surface area contributed by atoms with E-state index in [0.717, 1.165) is 29.0 Å². The number of methoxy groups -OCH3 is 2. The van der Waals surface area contributed by atoms with E-state index < -0.39 is 6.10 Å². The molecule has 0 bridgehead atoms. The second-order valence-corrected chi connectivity index (χ2v) is 5.48. The molecule has 1 aliphatic rings. The van der Waals surface area contributed by atoms with Crippen LogP contribution >= 0.6 is 0 Å². The summed E-state index contributed by atoms with van der Waals surface area (Å²) in [5.41, 5.74) is 3.20. The normalized spacial score (nSPS) is 19.8. The van der Waals surface area contributed by atoms with Gasteiger partial charge in [-0.3, -0.25) is 0 Å². The van der Waals surface area contributed by atoms with Crippen molar-refractivity contribution >= 4 is 0 Å². The quantitative estimate of drug-likeness (QED) is 0.890. The molecule has 0 saturated heterocycles. The first-order chi connectivity index (χ1) is 10.7. The number of hydrogen-bond acceptors (Lipinski definition) is 4. The van der Waals surface area contributed by atoms with Crippen molar-refractivity contribution in [3.63, 3.8) is 0 Å². The van der Waals surface area contributed by atoms with E-state index in [2.05, 4.69) is 11.4 Å². The number of ether oxygens (including phenoxy) is 2. The zero-order chi connectivity index (χ0) is 15.5. The second kappa shape index (κ2) is 6.38. The lowest BCUT2D eigenvalue weighted by Crippen LogP contribution is -2.32. The number of aliphatic hydroxyl groups is 1. The van der Waals surface area contributed by atoms with E-state index in [1.54, 1.807) is 14.2 Å². The number of fused-ring (bicyclic) bond motifs is 1. The average Bonchev–Trinajstić information content (AvgIpc) is 2.89. The molecule has 4 heteroatoms. The maximum absolute atomic E-state index is 10.4.